The van der Waals surface area contributed by atoms with Crippen LogP contribution in [0.15, 0.2) is 28.7 Å². The molecule has 1 fully saturated rings. The minimum atomic E-state index is -0.605. The molecule has 2 aromatic heterocycles. The van der Waals surface area contributed by atoms with Crippen molar-refractivity contribution in [2.45, 2.75) is 39.2 Å². The Hall–Kier alpha value is -2.31. The predicted octanol–water partition coefficient (Wildman–Crippen LogP) is 3.48. The van der Waals surface area contributed by atoms with E-state index in [9.17, 15) is 0 Å². The summed E-state index contributed by atoms with van der Waals surface area (Å²) in [5, 5.41) is 9.69. The number of aryl methyl sites for hydroxylation is 2. The summed E-state index contributed by atoms with van der Waals surface area (Å²) in [6.07, 6.45) is 1.30. The molecule has 1 aromatic carbocycles. The molecule has 6 heteroatoms. The first-order chi connectivity index (χ1) is 12.6. The normalized spacial score (nSPS) is 20.1. The highest BCUT2D eigenvalue weighted by atomic mass is 16.6. The second-order valence-corrected chi connectivity index (χ2v) is 6.73. The van der Waals surface area contributed by atoms with E-state index in [0.29, 0.717) is 38.0 Å². The number of ether oxygens (including phenoxy) is 2. The number of aromatic nitrogens is 3. The van der Waals surface area contributed by atoms with Gasteiger partial charge >= 0.3 is 0 Å². The molecule has 0 radical (unpaired) electrons. The minimum absolute atomic E-state index is 0.456. The van der Waals surface area contributed by atoms with Gasteiger partial charge in [-0.15, -0.1) is 10.2 Å². The number of rotatable bonds is 5. The van der Waals surface area contributed by atoms with Crippen LogP contribution in [0.3, 0.4) is 0 Å². The molecule has 6 nitrogen and oxygen atoms in total. The molecule has 3 heterocycles. The molecule has 0 amide bonds. The quantitative estimate of drug-likeness (QED) is 0.699. The Morgan fingerprint density at radius 1 is 1.19 bits per heavy atom. The topological polar surface area (TPSA) is 70.3 Å². The molecular formula is C20H23N3O3. The molecule has 4 rings (SSSR count). The van der Waals surface area contributed by atoms with E-state index in [-0.39, 0.29) is 0 Å². The largest absolute Gasteiger partial charge is 0.422 e. The number of benzene rings is 1. The number of nitrogens with zero attached hydrogens (tertiary/aromatic N) is 3. The predicted molar refractivity (Wildman–Crippen MR) is 97.1 cm³/mol. The fraction of sp³-hybridized carbons (Fsp3) is 0.450. The molecule has 0 spiro atoms. The average molecular weight is 353 g/mol. The molecule has 1 saturated heterocycles. The van der Waals surface area contributed by atoms with Crippen LogP contribution in [-0.4, -0.2) is 35.0 Å². The summed E-state index contributed by atoms with van der Waals surface area (Å²) in [5.74, 6) is 1.09. The van der Waals surface area contributed by atoms with Gasteiger partial charge in [0.2, 0.25) is 5.89 Å². The maximum absolute atomic E-state index is 5.99. The zero-order valence-corrected chi connectivity index (χ0v) is 15.4. The first-order valence-electron chi connectivity index (χ1n) is 9.02. The molecule has 1 aliphatic heterocycles. The second kappa shape index (κ2) is 6.78. The lowest BCUT2D eigenvalue weighted by atomic mass is 9.99. The van der Waals surface area contributed by atoms with E-state index >= 15 is 0 Å². The van der Waals surface area contributed by atoms with Gasteiger partial charge in [-0.1, -0.05) is 18.2 Å². The first-order valence-corrected chi connectivity index (χ1v) is 9.02. The third kappa shape index (κ3) is 2.89. The van der Waals surface area contributed by atoms with Crippen LogP contribution in [0.4, 0.5) is 0 Å². The summed E-state index contributed by atoms with van der Waals surface area (Å²) in [5.41, 5.74) is 3.73. The lowest BCUT2D eigenvalue weighted by Crippen LogP contribution is -2.30. The highest BCUT2D eigenvalue weighted by molar-refractivity contribution is 5.83. The highest BCUT2D eigenvalue weighted by Gasteiger charge is 2.42. The smallest absolute Gasteiger partial charge is 0.250 e. The Morgan fingerprint density at radius 2 is 2.04 bits per heavy atom. The SMILES string of the molecule is CCOC1(c2nnc(Cc3c(C)nc4ccccc4c3C)o2)CCOC1. The van der Waals surface area contributed by atoms with Crippen molar-refractivity contribution in [1.29, 1.82) is 0 Å². The number of hydrogen-bond acceptors (Lipinski definition) is 6. The van der Waals surface area contributed by atoms with Gasteiger partial charge < -0.3 is 13.9 Å². The van der Waals surface area contributed by atoms with E-state index < -0.39 is 5.60 Å². The fourth-order valence-electron chi connectivity index (χ4n) is 3.66. The third-order valence-corrected chi connectivity index (χ3v) is 5.08. The zero-order valence-electron chi connectivity index (χ0n) is 15.4. The van der Waals surface area contributed by atoms with Gasteiger partial charge in [-0.2, -0.15) is 0 Å². The third-order valence-electron chi connectivity index (χ3n) is 5.08. The van der Waals surface area contributed by atoms with Crippen LogP contribution < -0.4 is 0 Å². The minimum Gasteiger partial charge on any atom is -0.422 e. The first kappa shape index (κ1) is 17.1. The summed E-state index contributed by atoms with van der Waals surface area (Å²) in [6, 6.07) is 8.18. The van der Waals surface area contributed by atoms with Crippen molar-refractivity contribution in [1.82, 2.24) is 15.2 Å². The molecule has 3 aromatic rings. The van der Waals surface area contributed by atoms with Crippen molar-refractivity contribution >= 4 is 10.9 Å². The van der Waals surface area contributed by atoms with Gasteiger partial charge in [0.05, 0.1) is 25.2 Å². The molecule has 0 aliphatic carbocycles. The van der Waals surface area contributed by atoms with Crippen molar-refractivity contribution in [2.24, 2.45) is 0 Å². The van der Waals surface area contributed by atoms with Crippen LogP contribution in [0.2, 0.25) is 0 Å². The van der Waals surface area contributed by atoms with Crippen molar-refractivity contribution in [3.05, 3.63) is 52.9 Å². The fourth-order valence-corrected chi connectivity index (χ4v) is 3.66. The van der Waals surface area contributed by atoms with Gasteiger partial charge in [0, 0.05) is 24.1 Å². The van der Waals surface area contributed by atoms with Gasteiger partial charge in [0.15, 0.2) is 5.60 Å². The average Bonchev–Trinajstić information content (AvgIpc) is 3.29. The van der Waals surface area contributed by atoms with Crippen molar-refractivity contribution < 1.29 is 13.9 Å². The number of pyridine rings is 1. The highest BCUT2D eigenvalue weighted by Crippen LogP contribution is 2.34. The molecule has 26 heavy (non-hydrogen) atoms. The molecule has 0 bridgehead atoms. The van der Waals surface area contributed by atoms with Crippen LogP contribution >= 0.6 is 0 Å². The summed E-state index contributed by atoms with van der Waals surface area (Å²) in [7, 11) is 0. The van der Waals surface area contributed by atoms with Gasteiger partial charge in [-0.25, -0.2) is 0 Å². The van der Waals surface area contributed by atoms with Crippen molar-refractivity contribution in [3.8, 4) is 0 Å². The van der Waals surface area contributed by atoms with E-state index in [0.717, 1.165) is 28.6 Å². The van der Waals surface area contributed by atoms with E-state index in [4.69, 9.17) is 18.9 Å². The Balaban J connectivity index is 1.67. The molecule has 0 saturated carbocycles. The molecule has 1 aliphatic rings. The lowest BCUT2D eigenvalue weighted by molar-refractivity contribution is -0.0664. The summed E-state index contributed by atoms with van der Waals surface area (Å²) in [6.45, 7) is 7.79. The Labute approximate surface area is 152 Å². The number of para-hydroxylation sites is 1. The van der Waals surface area contributed by atoms with E-state index in [2.05, 4.69) is 23.2 Å². The van der Waals surface area contributed by atoms with E-state index in [1.165, 1.54) is 5.56 Å². The summed E-state index contributed by atoms with van der Waals surface area (Å²) >= 11 is 0. The lowest BCUT2D eigenvalue weighted by Gasteiger charge is -2.22. The van der Waals surface area contributed by atoms with Crippen LogP contribution in [0.25, 0.3) is 10.9 Å². The molecular weight excluding hydrogens is 330 g/mol. The molecule has 1 unspecified atom stereocenters. The number of fused-ring (bicyclic) bond motifs is 1. The van der Waals surface area contributed by atoms with Gasteiger partial charge in [-0.05, 0) is 38.0 Å². The van der Waals surface area contributed by atoms with Crippen molar-refractivity contribution in [3.63, 3.8) is 0 Å². The Morgan fingerprint density at radius 3 is 2.81 bits per heavy atom. The van der Waals surface area contributed by atoms with Crippen LogP contribution in [0, 0.1) is 13.8 Å². The van der Waals surface area contributed by atoms with E-state index in [1.54, 1.807) is 0 Å². The maximum Gasteiger partial charge on any atom is 0.250 e. The van der Waals surface area contributed by atoms with Crippen LogP contribution in [0.5, 0.6) is 0 Å². The zero-order chi connectivity index (χ0) is 18.1. The summed E-state index contributed by atoms with van der Waals surface area (Å²) in [4.78, 5) is 4.73. The van der Waals surface area contributed by atoms with Crippen LogP contribution in [0.1, 0.15) is 41.9 Å². The monoisotopic (exact) mass is 353 g/mol. The molecule has 136 valence electrons. The van der Waals surface area contributed by atoms with Gasteiger partial charge in [-0.3, -0.25) is 4.98 Å². The molecule has 0 N–H and O–H groups in total. The van der Waals surface area contributed by atoms with Gasteiger partial charge in [0.25, 0.3) is 5.89 Å². The van der Waals surface area contributed by atoms with Crippen molar-refractivity contribution in [2.75, 3.05) is 19.8 Å². The Kier molecular flexibility index (Phi) is 4.46. The van der Waals surface area contributed by atoms with E-state index in [1.807, 2.05) is 32.0 Å². The number of hydrogen-bond donors (Lipinski definition) is 0. The van der Waals surface area contributed by atoms with Crippen LogP contribution in [-0.2, 0) is 21.5 Å². The molecule has 1 atom stereocenters. The maximum atomic E-state index is 5.99. The second-order valence-electron chi connectivity index (χ2n) is 6.73. The summed E-state index contributed by atoms with van der Waals surface area (Å²) < 4.78 is 17.4. The standard InChI is InChI=1S/C20H23N3O3/c1-4-25-20(9-10-24-12-20)19-23-22-18(26-19)11-16-13(2)15-7-5-6-8-17(15)21-14(16)3/h5-8H,4,9-12H2,1-3H3. The Bertz CT molecular complexity index is 929. The van der Waals surface area contributed by atoms with Gasteiger partial charge in [0.1, 0.15) is 0 Å².